The maximum absolute atomic E-state index is 12.0. The minimum Gasteiger partial charge on any atom is -0.497 e. The Morgan fingerprint density at radius 1 is 1.50 bits per heavy atom. The molecule has 4 N–H and O–H groups in total. The van der Waals surface area contributed by atoms with E-state index in [-0.39, 0.29) is 11.3 Å². The van der Waals surface area contributed by atoms with E-state index in [2.05, 4.69) is 5.32 Å². The average molecular weight is 298 g/mol. The summed E-state index contributed by atoms with van der Waals surface area (Å²) in [7, 11) is 1.50. The van der Waals surface area contributed by atoms with Crippen molar-refractivity contribution >= 4 is 29.3 Å². The van der Waals surface area contributed by atoms with Crippen LogP contribution in [0.1, 0.15) is 16.8 Å². The molecular formula is C13H18N2O4S. The summed E-state index contributed by atoms with van der Waals surface area (Å²) in [6.45, 7) is 0. The molecule has 0 heterocycles. The zero-order valence-electron chi connectivity index (χ0n) is 11.4. The van der Waals surface area contributed by atoms with Crippen LogP contribution in [0.5, 0.6) is 5.75 Å². The monoisotopic (exact) mass is 298 g/mol. The Morgan fingerprint density at radius 2 is 2.20 bits per heavy atom. The highest BCUT2D eigenvalue weighted by atomic mass is 32.2. The van der Waals surface area contributed by atoms with E-state index >= 15 is 0 Å². The van der Waals surface area contributed by atoms with Crippen molar-refractivity contribution in [2.24, 2.45) is 0 Å². The van der Waals surface area contributed by atoms with E-state index in [1.165, 1.54) is 31.0 Å². The van der Waals surface area contributed by atoms with Crippen LogP contribution in [-0.2, 0) is 4.79 Å². The Hall–Kier alpha value is -1.89. The summed E-state index contributed by atoms with van der Waals surface area (Å²) < 4.78 is 4.99. The molecule has 1 aromatic carbocycles. The lowest BCUT2D eigenvalue weighted by Crippen LogP contribution is -2.41. The summed E-state index contributed by atoms with van der Waals surface area (Å²) in [5.41, 5.74) is 6.24. The van der Waals surface area contributed by atoms with Crippen molar-refractivity contribution in [1.82, 2.24) is 5.32 Å². The molecule has 0 fully saturated rings. The SMILES string of the molecule is COc1ccc(C(=O)NC(CCSC)C(=O)O)c(N)c1. The molecule has 20 heavy (non-hydrogen) atoms. The first kappa shape index (κ1) is 16.2. The van der Waals surface area contributed by atoms with Gasteiger partial charge < -0.3 is 20.9 Å². The summed E-state index contributed by atoms with van der Waals surface area (Å²) >= 11 is 1.52. The molecule has 0 aromatic heterocycles. The van der Waals surface area contributed by atoms with Crippen molar-refractivity contribution in [3.05, 3.63) is 23.8 Å². The molecule has 0 aliphatic carbocycles. The second-order valence-corrected chi connectivity index (χ2v) is 5.08. The first-order valence-corrected chi connectivity index (χ1v) is 7.35. The smallest absolute Gasteiger partial charge is 0.326 e. The Kier molecular flexibility index (Phi) is 6.17. The average Bonchev–Trinajstić information content (AvgIpc) is 2.42. The second kappa shape index (κ2) is 7.64. The summed E-state index contributed by atoms with van der Waals surface area (Å²) in [6, 6.07) is 3.71. The van der Waals surface area contributed by atoms with E-state index in [1.54, 1.807) is 6.07 Å². The maximum atomic E-state index is 12.0. The minimum atomic E-state index is -1.06. The highest BCUT2D eigenvalue weighted by Crippen LogP contribution is 2.19. The number of benzene rings is 1. The van der Waals surface area contributed by atoms with Crippen molar-refractivity contribution in [2.45, 2.75) is 12.5 Å². The molecule has 110 valence electrons. The number of nitrogens with two attached hydrogens (primary N) is 1. The number of carbonyl (C=O) groups excluding carboxylic acids is 1. The van der Waals surface area contributed by atoms with Gasteiger partial charge in [0.1, 0.15) is 11.8 Å². The van der Waals surface area contributed by atoms with E-state index in [0.29, 0.717) is 17.9 Å². The lowest BCUT2D eigenvalue weighted by atomic mass is 10.1. The zero-order valence-corrected chi connectivity index (χ0v) is 12.2. The molecule has 1 aromatic rings. The molecule has 0 spiro atoms. The number of anilines is 1. The molecule has 1 atom stereocenters. The van der Waals surface area contributed by atoms with Gasteiger partial charge in [0.2, 0.25) is 0 Å². The fourth-order valence-corrected chi connectivity index (χ4v) is 2.08. The number of carboxylic acid groups (broad SMARTS) is 1. The van der Waals surface area contributed by atoms with Gasteiger partial charge in [-0.25, -0.2) is 4.79 Å². The number of hydrogen-bond acceptors (Lipinski definition) is 5. The number of aliphatic carboxylic acids is 1. The molecule has 0 aliphatic rings. The summed E-state index contributed by atoms with van der Waals surface area (Å²) in [6.07, 6.45) is 2.24. The Labute approximate surface area is 121 Å². The van der Waals surface area contributed by atoms with Gasteiger partial charge in [-0.05, 0) is 30.6 Å². The fraction of sp³-hybridized carbons (Fsp3) is 0.385. The van der Waals surface area contributed by atoms with Gasteiger partial charge in [0.25, 0.3) is 5.91 Å². The lowest BCUT2D eigenvalue weighted by Gasteiger charge is -2.15. The first-order chi connectivity index (χ1) is 9.49. The molecule has 0 saturated heterocycles. The fourth-order valence-electron chi connectivity index (χ4n) is 1.60. The lowest BCUT2D eigenvalue weighted by molar-refractivity contribution is -0.139. The van der Waals surface area contributed by atoms with Gasteiger partial charge in [0.15, 0.2) is 0 Å². The number of carbonyl (C=O) groups is 2. The Balaban J connectivity index is 2.80. The number of amides is 1. The van der Waals surface area contributed by atoms with Gasteiger partial charge in [0.05, 0.1) is 12.7 Å². The van der Waals surface area contributed by atoms with E-state index in [1.807, 2.05) is 6.26 Å². The van der Waals surface area contributed by atoms with Crippen LogP contribution in [0.2, 0.25) is 0 Å². The highest BCUT2D eigenvalue weighted by Gasteiger charge is 2.21. The number of hydrogen-bond donors (Lipinski definition) is 3. The number of carboxylic acids is 1. The first-order valence-electron chi connectivity index (χ1n) is 5.95. The zero-order chi connectivity index (χ0) is 15.1. The van der Waals surface area contributed by atoms with Gasteiger partial charge in [-0.2, -0.15) is 11.8 Å². The third-order valence-electron chi connectivity index (χ3n) is 2.72. The van der Waals surface area contributed by atoms with Crippen LogP contribution >= 0.6 is 11.8 Å². The third-order valence-corrected chi connectivity index (χ3v) is 3.36. The van der Waals surface area contributed by atoms with Crippen LogP contribution in [0.4, 0.5) is 5.69 Å². The van der Waals surface area contributed by atoms with Gasteiger partial charge in [-0.3, -0.25) is 4.79 Å². The van der Waals surface area contributed by atoms with E-state index in [0.717, 1.165) is 0 Å². The van der Waals surface area contributed by atoms with Crippen LogP contribution in [0.15, 0.2) is 18.2 Å². The van der Waals surface area contributed by atoms with Crippen LogP contribution in [0.25, 0.3) is 0 Å². The number of methoxy groups -OCH3 is 1. The minimum absolute atomic E-state index is 0.237. The molecule has 1 amide bonds. The molecule has 6 nitrogen and oxygen atoms in total. The molecule has 7 heteroatoms. The quantitative estimate of drug-likeness (QED) is 0.654. The topological polar surface area (TPSA) is 102 Å². The van der Waals surface area contributed by atoms with Crippen molar-refractivity contribution in [1.29, 1.82) is 0 Å². The van der Waals surface area contributed by atoms with Crippen molar-refractivity contribution in [3.63, 3.8) is 0 Å². The number of nitrogen functional groups attached to an aromatic ring is 1. The summed E-state index contributed by atoms with van der Waals surface area (Å²) in [4.78, 5) is 23.1. The van der Waals surface area contributed by atoms with Crippen LogP contribution < -0.4 is 15.8 Å². The number of ether oxygens (including phenoxy) is 1. The predicted molar refractivity (Wildman–Crippen MR) is 79.3 cm³/mol. The van der Waals surface area contributed by atoms with Gasteiger partial charge in [0, 0.05) is 11.8 Å². The van der Waals surface area contributed by atoms with Crippen LogP contribution in [0.3, 0.4) is 0 Å². The molecular weight excluding hydrogens is 280 g/mol. The second-order valence-electron chi connectivity index (χ2n) is 4.10. The summed E-state index contributed by atoms with van der Waals surface area (Å²) in [5.74, 6) is -0.371. The van der Waals surface area contributed by atoms with Crippen molar-refractivity contribution < 1.29 is 19.4 Å². The Bertz CT molecular complexity index is 493. The van der Waals surface area contributed by atoms with Crippen LogP contribution in [-0.4, -0.2) is 42.1 Å². The Morgan fingerprint density at radius 3 is 2.70 bits per heavy atom. The molecule has 0 bridgehead atoms. The molecule has 0 aliphatic heterocycles. The third kappa shape index (κ3) is 4.34. The standard InChI is InChI=1S/C13H18N2O4S/c1-19-8-3-4-9(10(14)7-8)12(16)15-11(13(17)18)5-6-20-2/h3-4,7,11H,5-6,14H2,1-2H3,(H,15,16)(H,17,18). The largest absolute Gasteiger partial charge is 0.497 e. The normalized spacial score (nSPS) is 11.7. The van der Waals surface area contributed by atoms with Crippen molar-refractivity contribution in [2.75, 3.05) is 24.9 Å². The van der Waals surface area contributed by atoms with Gasteiger partial charge in [-0.1, -0.05) is 0 Å². The van der Waals surface area contributed by atoms with Gasteiger partial charge in [-0.15, -0.1) is 0 Å². The number of nitrogens with one attached hydrogen (secondary N) is 1. The number of rotatable bonds is 7. The predicted octanol–water partition coefficient (Wildman–Crippen LogP) is 1.21. The van der Waals surface area contributed by atoms with E-state index < -0.39 is 17.9 Å². The molecule has 1 unspecified atom stereocenters. The number of thioether (sulfide) groups is 1. The highest BCUT2D eigenvalue weighted by molar-refractivity contribution is 7.98. The van der Waals surface area contributed by atoms with Crippen molar-refractivity contribution in [3.8, 4) is 5.75 Å². The van der Waals surface area contributed by atoms with E-state index in [4.69, 9.17) is 15.6 Å². The maximum Gasteiger partial charge on any atom is 0.326 e. The molecule has 0 radical (unpaired) electrons. The van der Waals surface area contributed by atoms with E-state index in [9.17, 15) is 9.59 Å². The van der Waals surface area contributed by atoms with Gasteiger partial charge >= 0.3 is 5.97 Å². The molecule has 0 saturated carbocycles. The van der Waals surface area contributed by atoms with Crippen LogP contribution in [0, 0.1) is 0 Å². The summed E-state index contributed by atoms with van der Waals surface area (Å²) in [5, 5.41) is 11.5. The molecule has 1 rings (SSSR count).